The third-order valence-electron chi connectivity index (χ3n) is 4.98. The van der Waals surface area contributed by atoms with E-state index in [-0.39, 0.29) is 0 Å². The van der Waals surface area contributed by atoms with E-state index in [1.165, 1.54) is 65.0 Å². The van der Waals surface area contributed by atoms with Gasteiger partial charge in [-0.2, -0.15) is 0 Å². The van der Waals surface area contributed by atoms with Crippen LogP contribution >= 0.6 is 0 Å². The van der Waals surface area contributed by atoms with E-state index in [4.69, 9.17) is 0 Å². The molecule has 0 bridgehead atoms. The van der Waals surface area contributed by atoms with Crippen LogP contribution in [0.25, 0.3) is 0 Å². The van der Waals surface area contributed by atoms with Crippen LogP contribution in [0.4, 0.5) is 0 Å². The second-order valence-corrected chi connectivity index (χ2v) is 6.77. The van der Waals surface area contributed by atoms with Gasteiger partial charge in [-0.1, -0.05) is 6.92 Å². The van der Waals surface area contributed by atoms with E-state index in [9.17, 15) is 0 Å². The molecule has 2 heterocycles. The summed E-state index contributed by atoms with van der Waals surface area (Å²) in [6.07, 6.45) is 5.33. The summed E-state index contributed by atoms with van der Waals surface area (Å²) in [4.78, 5) is 7.62. The largest absolute Gasteiger partial charge is 0.312 e. The number of nitrogens with one attached hydrogen (secondary N) is 1. The first-order valence-corrected chi connectivity index (χ1v) is 8.53. The number of nitrogens with zero attached hydrogens (tertiary/aromatic N) is 3. The lowest BCUT2D eigenvalue weighted by atomic mass is 10.1. The summed E-state index contributed by atoms with van der Waals surface area (Å²) in [5.41, 5.74) is 0. The maximum atomic E-state index is 3.85. The molecule has 2 aliphatic rings. The molecule has 2 aliphatic heterocycles. The van der Waals surface area contributed by atoms with Gasteiger partial charge in [-0.15, -0.1) is 0 Å². The van der Waals surface area contributed by atoms with Crippen molar-refractivity contribution in [2.45, 2.75) is 44.7 Å². The molecule has 2 rings (SSSR count). The Hall–Kier alpha value is -0.160. The van der Waals surface area contributed by atoms with Gasteiger partial charge in [0.05, 0.1) is 0 Å². The predicted molar refractivity (Wildman–Crippen MR) is 86.3 cm³/mol. The first-order chi connectivity index (χ1) is 9.69. The minimum atomic E-state index is 0.684. The standard InChI is InChI=1S/C16H34N4/c1-4-8-20-9-5-6-15(7-10-20)17-13-16-14-18(2)11-12-19(16)3/h15-17H,4-14H2,1-3H3. The zero-order valence-corrected chi connectivity index (χ0v) is 13.8. The van der Waals surface area contributed by atoms with Gasteiger partial charge in [-0.3, -0.25) is 4.90 Å². The van der Waals surface area contributed by atoms with Gasteiger partial charge < -0.3 is 15.1 Å². The van der Waals surface area contributed by atoms with E-state index in [1.54, 1.807) is 0 Å². The van der Waals surface area contributed by atoms with E-state index < -0.39 is 0 Å². The van der Waals surface area contributed by atoms with Crippen LogP contribution in [0.2, 0.25) is 0 Å². The Kier molecular flexibility index (Phi) is 6.75. The summed E-state index contributed by atoms with van der Waals surface area (Å²) in [6, 6.07) is 1.42. The Morgan fingerprint density at radius 1 is 1.05 bits per heavy atom. The Balaban J connectivity index is 1.70. The van der Waals surface area contributed by atoms with Gasteiger partial charge in [0.25, 0.3) is 0 Å². The van der Waals surface area contributed by atoms with Gasteiger partial charge in [0.2, 0.25) is 0 Å². The van der Waals surface area contributed by atoms with E-state index in [0.29, 0.717) is 6.04 Å². The zero-order valence-electron chi connectivity index (χ0n) is 13.8. The summed E-state index contributed by atoms with van der Waals surface area (Å²) < 4.78 is 0. The Morgan fingerprint density at radius 3 is 2.70 bits per heavy atom. The van der Waals surface area contributed by atoms with Crippen LogP contribution in [0.15, 0.2) is 0 Å². The fraction of sp³-hybridized carbons (Fsp3) is 1.00. The predicted octanol–water partition coefficient (Wildman–Crippen LogP) is 1.09. The van der Waals surface area contributed by atoms with Crippen LogP contribution in [0, 0.1) is 0 Å². The SMILES string of the molecule is CCCN1CCCC(NCC2CN(C)CCN2C)CC1. The molecule has 0 aliphatic carbocycles. The molecule has 4 heteroatoms. The van der Waals surface area contributed by atoms with E-state index in [1.807, 2.05) is 0 Å². The first-order valence-electron chi connectivity index (χ1n) is 8.53. The van der Waals surface area contributed by atoms with Crippen LogP contribution in [-0.4, -0.2) is 86.7 Å². The molecule has 0 aromatic heterocycles. The number of likely N-dealkylation sites (tertiary alicyclic amines) is 1. The maximum Gasteiger partial charge on any atom is 0.0345 e. The Labute approximate surface area is 125 Å². The molecule has 2 saturated heterocycles. The van der Waals surface area contributed by atoms with Crippen molar-refractivity contribution in [3.05, 3.63) is 0 Å². The smallest absolute Gasteiger partial charge is 0.0345 e. The van der Waals surface area contributed by atoms with Crippen molar-refractivity contribution in [2.24, 2.45) is 0 Å². The summed E-state index contributed by atoms with van der Waals surface area (Å²) in [5, 5.41) is 3.85. The van der Waals surface area contributed by atoms with Crippen molar-refractivity contribution in [1.29, 1.82) is 0 Å². The highest BCUT2D eigenvalue weighted by atomic mass is 15.3. The monoisotopic (exact) mass is 282 g/mol. The van der Waals surface area contributed by atoms with Crippen molar-refractivity contribution >= 4 is 0 Å². The highest BCUT2D eigenvalue weighted by Crippen LogP contribution is 2.12. The minimum absolute atomic E-state index is 0.684. The van der Waals surface area contributed by atoms with Gasteiger partial charge in [-0.25, -0.2) is 0 Å². The molecule has 0 amide bonds. The van der Waals surface area contributed by atoms with Gasteiger partial charge in [0, 0.05) is 38.3 Å². The van der Waals surface area contributed by atoms with E-state index in [2.05, 4.69) is 41.0 Å². The van der Waals surface area contributed by atoms with Crippen molar-refractivity contribution in [1.82, 2.24) is 20.0 Å². The van der Waals surface area contributed by atoms with Crippen LogP contribution in [0.3, 0.4) is 0 Å². The molecule has 2 fully saturated rings. The summed E-state index contributed by atoms with van der Waals surface area (Å²) in [5.74, 6) is 0. The van der Waals surface area contributed by atoms with Gasteiger partial charge in [0.1, 0.15) is 0 Å². The van der Waals surface area contributed by atoms with Gasteiger partial charge in [-0.05, 0) is 59.4 Å². The number of piperazine rings is 1. The molecule has 0 aromatic rings. The molecule has 2 atom stereocenters. The fourth-order valence-corrected chi connectivity index (χ4v) is 3.52. The van der Waals surface area contributed by atoms with Crippen molar-refractivity contribution in [3.63, 3.8) is 0 Å². The zero-order chi connectivity index (χ0) is 14.4. The maximum absolute atomic E-state index is 3.85. The van der Waals surface area contributed by atoms with E-state index >= 15 is 0 Å². The highest BCUT2D eigenvalue weighted by molar-refractivity contribution is 4.83. The second kappa shape index (κ2) is 8.32. The lowest BCUT2D eigenvalue weighted by molar-refractivity contribution is 0.111. The number of likely N-dealkylation sites (N-methyl/N-ethyl adjacent to an activating group) is 2. The second-order valence-electron chi connectivity index (χ2n) is 6.77. The van der Waals surface area contributed by atoms with Crippen LogP contribution in [-0.2, 0) is 0 Å². The average molecular weight is 282 g/mol. The fourth-order valence-electron chi connectivity index (χ4n) is 3.52. The van der Waals surface area contributed by atoms with Crippen LogP contribution < -0.4 is 5.32 Å². The molecule has 0 radical (unpaired) electrons. The molecule has 2 unspecified atom stereocenters. The number of hydrogen-bond donors (Lipinski definition) is 1. The Bertz CT molecular complexity index is 271. The van der Waals surface area contributed by atoms with Crippen molar-refractivity contribution in [3.8, 4) is 0 Å². The molecule has 118 valence electrons. The summed E-state index contributed by atoms with van der Waals surface area (Å²) >= 11 is 0. The van der Waals surface area contributed by atoms with E-state index in [0.717, 1.165) is 12.6 Å². The average Bonchev–Trinajstić information content (AvgIpc) is 2.66. The summed E-state index contributed by atoms with van der Waals surface area (Å²) in [7, 11) is 4.52. The lowest BCUT2D eigenvalue weighted by Crippen LogP contribution is -2.54. The molecule has 20 heavy (non-hydrogen) atoms. The third kappa shape index (κ3) is 4.99. The lowest BCUT2D eigenvalue weighted by Gasteiger charge is -2.38. The topological polar surface area (TPSA) is 21.8 Å². The van der Waals surface area contributed by atoms with Gasteiger partial charge >= 0.3 is 0 Å². The molecule has 0 aromatic carbocycles. The normalized spacial score (nSPS) is 31.4. The molecular weight excluding hydrogens is 248 g/mol. The van der Waals surface area contributed by atoms with Crippen LogP contribution in [0.5, 0.6) is 0 Å². The summed E-state index contributed by atoms with van der Waals surface area (Å²) in [6.45, 7) is 10.9. The Morgan fingerprint density at radius 2 is 1.90 bits per heavy atom. The first kappa shape index (κ1) is 16.2. The molecule has 0 saturated carbocycles. The van der Waals surface area contributed by atoms with Gasteiger partial charge in [0.15, 0.2) is 0 Å². The quantitative estimate of drug-likeness (QED) is 0.815. The van der Waals surface area contributed by atoms with Crippen LogP contribution in [0.1, 0.15) is 32.6 Å². The molecule has 0 spiro atoms. The highest BCUT2D eigenvalue weighted by Gasteiger charge is 2.23. The van der Waals surface area contributed by atoms with Crippen molar-refractivity contribution in [2.75, 3.05) is 59.9 Å². The molecule has 4 nitrogen and oxygen atoms in total. The molecular formula is C16H34N4. The third-order valence-corrected chi connectivity index (χ3v) is 4.98. The molecule has 1 N–H and O–H groups in total. The van der Waals surface area contributed by atoms with Crippen molar-refractivity contribution < 1.29 is 0 Å². The number of hydrogen-bond acceptors (Lipinski definition) is 4. The number of rotatable bonds is 5. The minimum Gasteiger partial charge on any atom is -0.312 e.